The standard InChI is InChI=1S/C27H26Cl2N2O5S/c1-37(34,35)19-9-10-22(29)20(13-19)26(32)30-23-4-2-3-17-14-31(15-21(17)23)27(33)25-12-11-24(36-25)16-5-7-18(28)8-6-16/h5-13,17,21,23H,2-4,14-15H2,1H3,(H,30,32)/t17-,21+,23-/m1/s1. The number of nitrogens with one attached hydrogen (secondary N) is 1. The van der Waals surface area contributed by atoms with Crippen molar-refractivity contribution in [2.45, 2.75) is 30.2 Å². The number of nitrogens with zero attached hydrogens (tertiary/aromatic N) is 1. The number of carbonyl (C=O) groups is 2. The highest BCUT2D eigenvalue weighted by atomic mass is 35.5. The third kappa shape index (κ3) is 5.42. The lowest BCUT2D eigenvalue weighted by molar-refractivity contribution is 0.0752. The van der Waals surface area contributed by atoms with Gasteiger partial charge in [0.15, 0.2) is 15.6 Å². The lowest BCUT2D eigenvalue weighted by Gasteiger charge is -2.33. The number of halogens is 2. The Balaban J connectivity index is 1.29. The van der Waals surface area contributed by atoms with E-state index >= 15 is 0 Å². The van der Waals surface area contributed by atoms with Crippen LogP contribution in [0.3, 0.4) is 0 Å². The van der Waals surface area contributed by atoms with E-state index < -0.39 is 15.7 Å². The number of carbonyl (C=O) groups excluding carboxylic acids is 2. The van der Waals surface area contributed by atoms with Crippen molar-refractivity contribution < 1.29 is 22.4 Å². The molecule has 3 aromatic rings. The van der Waals surface area contributed by atoms with Crippen LogP contribution in [0.4, 0.5) is 0 Å². The largest absolute Gasteiger partial charge is 0.451 e. The van der Waals surface area contributed by atoms with Crippen molar-refractivity contribution in [1.82, 2.24) is 10.2 Å². The molecule has 0 spiro atoms. The number of furan rings is 1. The van der Waals surface area contributed by atoms with Gasteiger partial charge in [0, 0.05) is 41.9 Å². The lowest BCUT2D eigenvalue weighted by Crippen LogP contribution is -2.45. The minimum Gasteiger partial charge on any atom is -0.451 e. The zero-order valence-corrected chi connectivity index (χ0v) is 22.4. The number of hydrogen-bond acceptors (Lipinski definition) is 5. The molecule has 1 saturated heterocycles. The molecule has 5 rings (SSSR count). The van der Waals surface area contributed by atoms with Gasteiger partial charge in [-0.15, -0.1) is 0 Å². The Bertz CT molecular complexity index is 1450. The summed E-state index contributed by atoms with van der Waals surface area (Å²) in [5.41, 5.74) is 0.961. The van der Waals surface area contributed by atoms with Crippen LogP contribution in [0.2, 0.25) is 10.0 Å². The summed E-state index contributed by atoms with van der Waals surface area (Å²) < 4.78 is 29.8. The van der Waals surface area contributed by atoms with Crippen LogP contribution >= 0.6 is 23.2 Å². The molecule has 194 valence electrons. The highest BCUT2D eigenvalue weighted by Crippen LogP contribution is 2.38. The van der Waals surface area contributed by atoms with Crippen molar-refractivity contribution in [2.75, 3.05) is 19.3 Å². The predicted molar refractivity (Wildman–Crippen MR) is 142 cm³/mol. The van der Waals surface area contributed by atoms with E-state index in [1.807, 2.05) is 12.1 Å². The minimum atomic E-state index is -3.48. The fraction of sp³-hybridized carbons (Fsp3) is 0.333. The third-order valence-corrected chi connectivity index (χ3v) is 8.95. The third-order valence-electron chi connectivity index (χ3n) is 7.26. The Morgan fingerprint density at radius 1 is 1.00 bits per heavy atom. The van der Waals surface area contributed by atoms with E-state index in [-0.39, 0.29) is 45.0 Å². The van der Waals surface area contributed by atoms with Crippen molar-refractivity contribution in [3.8, 4) is 11.3 Å². The van der Waals surface area contributed by atoms with Crippen LogP contribution < -0.4 is 5.32 Å². The van der Waals surface area contributed by atoms with Gasteiger partial charge >= 0.3 is 0 Å². The quantitative estimate of drug-likeness (QED) is 0.455. The summed E-state index contributed by atoms with van der Waals surface area (Å²) in [7, 11) is -3.48. The van der Waals surface area contributed by atoms with Crippen LogP contribution in [0.1, 0.15) is 40.2 Å². The Kier molecular flexibility index (Phi) is 7.09. The maximum absolute atomic E-state index is 13.3. The molecule has 1 aliphatic heterocycles. The number of sulfone groups is 1. The predicted octanol–water partition coefficient (Wildman–Crippen LogP) is 5.33. The van der Waals surface area contributed by atoms with Gasteiger partial charge in [-0.25, -0.2) is 8.42 Å². The maximum Gasteiger partial charge on any atom is 0.289 e. The molecular formula is C27H26Cl2N2O5S. The molecule has 7 nitrogen and oxygen atoms in total. The van der Waals surface area contributed by atoms with E-state index in [0.717, 1.165) is 31.1 Å². The molecule has 2 amide bonds. The maximum atomic E-state index is 13.3. The molecule has 1 N–H and O–H groups in total. The Hall–Kier alpha value is -2.81. The Morgan fingerprint density at radius 2 is 1.76 bits per heavy atom. The van der Waals surface area contributed by atoms with Gasteiger partial charge in [-0.3, -0.25) is 9.59 Å². The molecule has 37 heavy (non-hydrogen) atoms. The first-order chi connectivity index (χ1) is 17.6. The average Bonchev–Trinajstić information content (AvgIpc) is 3.52. The second-order valence-electron chi connectivity index (χ2n) is 9.73. The van der Waals surface area contributed by atoms with E-state index in [2.05, 4.69) is 5.32 Å². The Morgan fingerprint density at radius 3 is 2.49 bits per heavy atom. The zero-order valence-electron chi connectivity index (χ0n) is 20.1. The lowest BCUT2D eigenvalue weighted by atomic mass is 9.78. The summed E-state index contributed by atoms with van der Waals surface area (Å²) in [6, 6.07) is 14.6. The molecule has 2 aromatic carbocycles. The van der Waals surface area contributed by atoms with Crippen LogP contribution in [0, 0.1) is 11.8 Å². The normalized spacial score (nSPS) is 21.5. The molecule has 1 aliphatic carbocycles. The average molecular weight is 561 g/mol. The summed E-state index contributed by atoms with van der Waals surface area (Å²) in [5.74, 6) is 0.618. The number of fused-ring (bicyclic) bond motifs is 1. The molecule has 1 aromatic heterocycles. The van der Waals surface area contributed by atoms with Gasteiger partial charge in [-0.1, -0.05) is 29.6 Å². The molecule has 2 aliphatic rings. The fourth-order valence-electron chi connectivity index (χ4n) is 5.35. The van der Waals surface area contributed by atoms with Gasteiger partial charge in [0.05, 0.1) is 15.5 Å². The fourth-order valence-corrected chi connectivity index (χ4v) is 6.33. The second kappa shape index (κ2) is 10.2. The second-order valence-corrected chi connectivity index (χ2v) is 12.6. The SMILES string of the molecule is CS(=O)(=O)c1ccc(Cl)c(C(=O)N[C@@H]2CCC[C@@H]3CN(C(=O)c4ccc(-c5ccc(Cl)cc5)o4)C[C@@H]32)c1. The highest BCUT2D eigenvalue weighted by molar-refractivity contribution is 7.90. The van der Waals surface area contributed by atoms with Gasteiger partial charge in [0.2, 0.25) is 0 Å². The van der Waals surface area contributed by atoms with Crippen LogP contribution in [0.5, 0.6) is 0 Å². The summed E-state index contributed by atoms with van der Waals surface area (Å²) in [4.78, 5) is 28.2. The van der Waals surface area contributed by atoms with Crippen molar-refractivity contribution in [2.24, 2.45) is 11.8 Å². The van der Waals surface area contributed by atoms with E-state index in [9.17, 15) is 18.0 Å². The number of benzene rings is 2. The van der Waals surface area contributed by atoms with Gasteiger partial charge < -0.3 is 14.6 Å². The van der Waals surface area contributed by atoms with Crippen LogP contribution in [0.25, 0.3) is 11.3 Å². The van der Waals surface area contributed by atoms with Crippen LogP contribution in [0.15, 0.2) is 63.9 Å². The van der Waals surface area contributed by atoms with E-state index in [1.165, 1.54) is 18.2 Å². The summed E-state index contributed by atoms with van der Waals surface area (Å²) in [6.45, 7) is 1.10. The van der Waals surface area contributed by atoms with Gasteiger partial charge in [0.1, 0.15) is 5.76 Å². The molecule has 2 fully saturated rings. The molecule has 0 unspecified atom stereocenters. The zero-order chi connectivity index (χ0) is 26.3. The van der Waals surface area contributed by atoms with Crippen molar-refractivity contribution in [1.29, 1.82) is 0 Å². The van der Waals surface area contributed by atoms with Crippen molar-refractivity contribution in [3.05, 3.63) is 76.0 Å². The van der Waals surface area contributed by atoms with Gasteiger partial charge in [-0.2, -0.15) is 0 Å². The van der Waals surface area contributed by atoms with Crippen molar-refractivity contribution in [3.63, 3.8) is 0 Å². The topological polar surface area (TPSA) is 96.7 Å². The smallest absolute Gasteiger partial charge is 0.289 e. The minimum absolute atomic E-state index is 0.0395. The van der Waals surface area contributed by atoms with E-state index in [1.54, 1.807) is 29.2 Å². The number of hydrogen-bond donors (Lipinski definition) is 1. The highest BCUT2D eigenvalue weighted by Gasteiger charge is 2.43. The monoisotopic (exact) mass is 560 g/mol. The number of likely N-dealkylation sites (tertiary alicyclic amines) is 1. The first kappa shape index (κ1) is 25.8. The van der Waals surface area contributed by atoms with E-state index in [4.69, 9.17) is 27.6 Å². The first-order valence-electron chi connectivity index (χ1n) is 12.1. The molecule has 10 heteroatoms. The van der Waals surface area contributed by atoms with Crippen LogP contribution in [-0.4, -0.2) is 50.5 Å². The van der Waals surface area contributed by atoms with Crippen molar-refractivity contribution >= 4 is 44.9 Å². The van der Waals surface area contributed by atoms with E-state index in [0.29, 0.717) is 23.9 Å². The summed E-state index contributed by atoms with van der Waals surface area (Å²) in [5, 5.41) is 3.88. The number of rotatable bonds is 5. The van der Waals surface area contributed by atoms with Gasteiger partial charge in [-0.05, 0) is 73.4 Å². The number of amides is 2. The first-order valence-corrected chi connectivity index (χ1v) is 14.7. The molecule has 1 saturated carbocycles. The summed E-state index contributed by atoms with van der Waals surface area (Å²) in [6.07, 6.45) is 3.76. The molecule has 3 atom stereocenters. The molecule has 2 heterocycles. The van der Waals surface area contributed by atoms with Crippen LogP contribution in [-0.2, 0) is 9.84 Å². The molecular weight excluding hydrogens is 535 g/mol. The summed E-state index contributed by atoms with van der Waals surface area (Å²) >= 11 is 12.2. The molecule has 0 radical (unpaired) electrons. The Labute approximate surface area is 225 Å². The molecule has 0 bridgehead atoms. The van der Waals surface area contributed by atoms with Gasteiger partial charge in [0.25, 0.3) is 11.8 Å².